The summed E-state index contributed by atoms with van der Waals surface area (Å²) in [6.07, 6.45) is 2.47. The molecular formula is C17H19ClN6O2. The molecule has 1 unspecified atom stereocenters. The number of aryl methyl sites for hydroxylation is 1. The van der Waals surface area contributed by atoms with Gasteiger partial charge in [0.25, 0.3) is 5.91 Å². The Morgan fingerprint density at radius 1 is 1.42 bits per heavy atom. The minimum absolute atomic E-state index is 0.0211. The van der Waals surface area contributed by atoms with Crippen LogP contribution >= 0.6 is 11.6 Å². The van der Waals surface area contributed by atoms with Crippen LogP contribution in [-0.4, -0.2) is 34.4 Å². The minimum Gasteiger partial charge on any atom is -0.361 e. The smallest absolute Gasteiger partial charge is 0.276 e. The van der Waals surface area contributed by atoms with E-state index in [9.17, 15) is 4.79 Å². The zero-order valence-electron chi connectivity index (χ0n) is 14.3. The van der Waals surface area contributed by atoms with Gasteiger partial charge in [-0.25, -0.2) is 0 Å². The highest BCUT2D eigenvalue weighted by atomic mass is 35.5. The van der Waals surface area contributed by atoms with E-state index in [0.29, 0.717) is 29.4 Å². The van der Waals surface area contributed by atoms with Crippen LogP contribution in [0.25, 0.3) is 0 Å². The van der Waals surface area contributed by atoms with Gasteiger partial charge < -0.3 is 9.42 Å². The molecule has 1 aliphatic rings. The number of nitrogens with one attached hydrogen (secondary N) is 2. The molecule has 2 heterocycles. The molecular weight excluding hydrogens is 356 g/mol. The lowest BCUT2D eigenvalue weighted by molar-refractivity contribution is 0.0668. The number of carbonyl (C=O) groups excluding carboxylic acids is 1. The van der Waals surface area contributed by atoms with Crippen molar-refractivity contribution in [3.05, 3.63) is 46.8 Å². The monoisotopic (exact) mass is 374 g/mol. The Hall–Kier alpha value is -2.74. The summed E-state index contributed by atoms with van der Waals surface area (Å²) < 4.78 is 4.98. The topological polar surface area (TPSA) is 107 Å². The maximum absolute atomic E-state index is 12.7. The first-order valence-electron chi connectivity index (χ1n) is 8.29. The molecule has 1 aromatic carbocycles. The summed E-state index contributed by atoms with van der Waals surface area (Å²) in [5.41, 5.74) is 3.65. The fraction of sp³-hybridized carbons (Fsp3) is 0.353. The molecule has 0 aliphatic carbocycles. The van der Waals surface area contributed by atoms with Crippen LogP contribution in [0.3, 0.4) is 0 Å². The number of halogens is 1. The fourth-order valence-corrected chi connectivity index (χ4v) is 3.02. The number of benzene rings is 1. The average molecular weight is 375 g/mol. The molecule has 1 aliphatic heterocycles. The first kappa shape index (κ1) is 18.1. The van der Waals surface area contributed by atoms with E-state index in [2.05, 4.69) is 20.9 Å². The predicted molar refractivity (Wildman–Crippen MR) is 97.6 cm³/mol. The van der Waals surface area contributed by atoms with E-state index in [4.69, 9.17) is 21.5 Å². The fourth-order valence-electron chi connectivity index (χ4n) is 2.83. The van der Waals surface area contributed by atoms with Gasteiger partial charge in [-0.05, 0) is 44.4 Å². The zero-order valence-corrected chi connectivity index (χ0v) is 15.0. The number of piperidine rings is 1. The van der Waals surface area contributed by atoms with Gasteiger partial charge in [-0.15, -0.1) is 5.11 Å². The molecule has 9 heteroatoms. The quantitative estimate of drug-likeness (QED) is 0.363. The molecule has 3 rings (SSSR count). The maximum atomic E-state index is 12.7. The van der Waals surface area contributed by atoms with Crippen LogP contribution in [0, 0.1) is 12.3 Å². The molecule has 1 amide bonds. The van der Waals surface area contributed by atoms with E-state index < -0.39 is 6.04 Å². The highest BCUT2D eigenvalue weighted by Crippen LogP contribution is 2.21. The van der Waals surface area contributed by atoms with Gasteiger partial charge in [-0.1, -0.05) is 28.0 Å². The summed E-state index contributed by atoms with van der Waals surface area (Å²) in [6.45, 7) is 2.28. The molecule has 136 valence electrons. The summed E-state index contributed by atoms with van der Waals surface area (Å²) in [6, 6.07) is 8.19. The first-order valence-corrected chi connectivity index (χ1v) is 8.67. The lowest BCUT2D eigenvalue weighted by Crippen LogP contribution is -2.47. The van der Waals surface area contributed by atoms with E-state index in [1.54, 1.807) is 42.2 Å². The molecule has 26 heavy (non-hydrogen) atoms. The Morgan fingerprint density at radius 3 is 3.00 bits per heavy atom. The molecule has 0 saturated carbocycles. The number of hydrogen-bond acceptors (Lipinski definition) is 5. The van der Waals surface area contributed by atoms with Crippen molar-refractivity contribution in [3.8, 4) is 0 Å². The molecule has 2 N–H and O–H groups in total. The summed E-state index contributed by atoms with van der Waals surface area (Å²) in [4.78, 5) is 14.3. The Morgan fingerprint density at radius 2 is 2.27 bits per heavy atom. The molecule has 0 bridgehead atoms. The summed E-state index contributed by atoms with van der Waals surface area (Å²) in [7, 11) is 0. The lowest BCUT2D eigenvalue weighted by atomic mass is 10.0. The number of rotatable bonds is 4. The van der Waals surface area contributed by atoms with E-state index >= 15 is 0 Å². The van der Waals surface area contributed by atoms with Gasteiger partial charge in [0.05, 0.1) is 11.7 Å². The summed E-state index contributed by atoms with van der Waals surface area (Å²) in [5, 5.41) is 20.3. The Balaban J connectivity index is 1.67. The van der Waals surface area contributed by atoms with Crippen LogP contribution in [0.15, 0.2) is 45.2 Å². The van der Waals surface area contributed by atoms with Crippen LogP contribution in [0.4, 0.5) is 5.69 Å². The number of amides is 1. The molecule has 2 aromatic rings. The van der Waals surface area contributed by atoms with Crippen molar-refractivity contribution in [3.63, 3.8) is 0 Å². The lowest BCUT2D eigenvalue weighted by Gasteiger charge is -2.33. The minimum atomic E-state index is -0.432. The molecule has 0 spiro atoms. The Bertz CT molecular complexity index is 834. The van der Waals surface area contributed by atoms with Crippen molar-refractivity contribution in [2.75, 3.05) is 12.0 Å². The van der Waals surface area contributed by atoms with Crippen molar-refractivity contribution in [1.82, 2.24) is 10.1 Å². The van der Waals surface area contributed by atoms with Gasteiger partial charge in [0.15, 0.2) is 11.5 Å². The number of likely N-dealkylation sites (tertiary alicyclic amines) is 1. The van der Waals surface area contributed by atoms with Crippen LogP contribution in [0.2, 0.25) is 5.02 Å². The van der Waals surface area contributed by atoms with Gasteiger partial charge >= 0.3 is 0 Å². The van der Waals surface area contributed by atoms with E-state index in [1.165, 1.54) is 0 Å². The van der Waals surface area contributed by atoms with Crippen LogP contribution in [0.5, 0.6) is 0 Å². The second kappa shape index (κ2) is 8.09. The predicted octanol–water partition coefficient (Wildman–Crippen LogP) is 4.09. The van der Waals surface area contributed by atoms with Crippen molar-refractivity contribution < 1.29 is 9.32 Å². The average Bonchev–Trinajstić information content (AvgIpc) is 3.07. The Labute approximate surface area is 155 Å². The maximum Gasteiger partial charge on any atom is 0.276 e. The Kier molecular flexibility index (Phi) is 5.62. The second-order valence-corrected chi connectivity index (χ2v) is 6.48. The third kappa shape index (κ3) is 4.26. The van der Waals surface area contributed by atoms with Gasteiger partial charge in [-0.3, -0.25) is 15.6 Å². The van der Waals surface area contributed by atoms with Crippen LogP contribution in [0.1, 0.15) is 35.5 Å². The molecule has 1 fully saturated rings. The van der Waals surface area contributed by atoms with Gasteiger partial charge in [0, 0.05) is 17.6 Å². The van der Waals surface area contributed by atoms with Gasteiger partial charge in [0.2, 0.25) is 0 Å². The SMILES string of the molecule is Cc1cc(C(=O)N2CCCCC2C(=N)/N=N\Nc2cccc(Cl)c2)no1. The van der Waals surface area contributed by atoms with E-state index in [1.807, 2.05) is 0 Å². The number of hydrogen-bond donors (Lipinski definition) is 2. The number of anilines is 1. The molecule has 0 radical (unpaired) electrons. The molecule has 1 atom stereocenters. The van der Waals surface area contributed by atoms with Crippen LogP contribution < -0.4 is 5.43 Å². The van der Waals surface area contributed by atoms with E-state index in [-0.39, 0.29) is 17.4 Å². The van der Waals surface area contributed by atoms with Crippen molar-refractivity contribution >= 4 is 29.0 Å². The highest BCUT2D eigenvalue weighted by Gasteiger charge is 2.32. The number of carbonyl (C=O) groups is 1. The van der Waals surface area contributed by atoms with Gasteiger partial charge in [0.1, 0.15) is 5.76 Å². The zero-order chi connectivity index (χ0) is 18.5. The van der Waals surface area contributed by atoms with Crippen LogP contribution in [-0.2, 0) is 0 Å². The van der Waals surface area contributed by atoms with Crippen molar-refractivity contribution in [1.29, 1.82) is 5.41 Å². The summed E-state index contributed by atoms with van der Waals surface area (Å²) in [5.74, 6) is 0.337. The van der Waals surface area contributed by atoms with Crippen molar-refractivity contribution in [2.24, 2.45) is 10.3 Å². The standard InChI is InChI=1S/C17H19ClN6O2/c1-11-9-14(22-26-11)17(25)24-8-3-2-7-15(24)16(19)21-23-20-13-6-4-5-12(18)10-13/h4-6,9-10,15H,2-3,7-8H2,1H3,(H2,19,20,21). The molecule has 1 saturated heterocycles. The largest absolute Gasteiger partial charge is 0.361 e. The third-order valence-corrected chi connectivity index (χ3v) is 4.32. The molecule has 8 nitrogen and oxygen atoms in total. The number of amidine groups is 1. The van der Waals surface area contributed by atoms with Crippen molar-refractivity contribution in [2.45, 2.75) is 32.2 Å². The second-order valence-electron chi connectivity index (χ2n) is 6.04. The normalized spacial score (nSPS) is 17.5. The number of aromatic nitrogens is 1. The van der Waals surface area contributed by atoms with Gasteiger partial charge in [-0.2, -0.15) is 0 Å². The first-order chi connectivity index (χ1) is 12.5. The summed E-state index contributed by atoms with van der Waals surface area (Å²) >= 11 is 5.91. The van der Waals surface area contributed by atoms with E-state index in [0.717, 1.165) is 12.8 Å². The number of nitrogens with zero attached hydrogens (tertiary/aromatic N) is 4. The molecule has 1 aromatic heterocycles. The highest BCUT2D eigenvalue weighted by molar-refractivity contribution is 6.30. The third-order valence-electron chi connectivity index (χ3n) is 4.09.